The predicted octanol–water partition coefficient (Wildman–Crippen LogP) is 3.41. The van der Waals surface area contributed by atoms with Crippen LogP contribution in [-0.4, -0.2) is 21.7 Å². The van der Waals surface area contributed by atoms with E-state index in [9.17, 15) is 19.1 Å². The fraction of sp³-hybridized carbons (Fsp3) is 0.238. The second-order valence-corrected chi connectivity index (χ2v) is 7.01. The van der Waals surface area contributed by atoms with Gasteiger partial charge in [-0.1, -0.05) is 30.3 Å². The van der Waals surface area contributed by atoms with Crippen molar-refractivity contribution in [3.05, 3.63) is 69.8 Å². The molecule has 0 spiro atoms. The normalized spacial score (nSPS) is 18.2. The molecule has 4 rings (SSSR count). The molecule has 1 aliphatic rings. The van der Waals surface area contributed by atoms with Crippen molar-refractivity contribution in [3.8, 4) is 0 Å². The van der Waals surface area contributed by atoms with Crippen molar-refractivity contribution in [1.29, 1.82) is 0 Å². The monoisotopic (exact) mass is 381 g/mol. The van der Waals surface area contributed by atoms with E-state index in [1.54, 1.807) is 4.57 Å². The van der Waals surface area contributed by atoms with Crippen LogP contribution >= 0.6 is 0 Å². The Labute approximate surface area is 160 Å². The van der Waals surface area contributed by atoms with Gasteiger partial charge in [-0.3, -0.25) is 4.79 Å². The number of rotatable bonds is 5. The smallest absolute Gasteiger partial charge is 0.341 e. The summed E-state index contributed by atoms with van der Waals surface area (Å²) in [5, 5.41) is 12.4. The number of carboxylic acid groups (broad SMARTS) is 1. The molecule has 3 aromatic rings. The van der Waals surface area contributed by atoms with Crippen molar-refractivity contribution in [2.75, 3.05) is 11.1 Å². The first-order chi connectivity index (χ1) is 13.4. The van der Waals surface area contributed by atoms with Crippen LogP contribution in [0.3, 0.4) is 0 Å². The molecule has 1 aromatic heterocycles. The van der Waals surface area contributed by atoms with Gasteiger partial charge in [0, 0.05) is 24.7 Å². The van der Waals surface area contributed by atoms with Gasteiger partial charge in [0.05, 0.1) is 22.3 Å². The average Bonchev–Trinajstić information content (AvgIpc) is 3.45. The highest BCUT2D eigenvalue weighted by atomic mass is 19.1. The molecule has 0 saturated heterocycles. The van der Waals surface area contributed by atoms with Crippen LogP contribution in [0.1, 0.15) is 35.2 Å². The van der Waals surface area contributed by atoms with E-state index < -0.39 is 22.8 Å². The summed E-state index contributed by atoms with van der Waals surface area (Å²) in [6.45, 7) is 2.23. The standard InChI is InChI=1S/C21H20FN3O3/c1-2-25-10-13(21(27)28)20(26)17-16(25)9-15(18(22)19(17)23)24-14-8-12(14)11-6-4-3-5-7-11/h3-7,9-10,12,14,24H,2,8,23H2,1H3,(H,27,28)/t12-,14-/m1/s1. The molecule has 7 heteroatoms. The molecular formula is C21H20FN3O3. The summed E-state index contributed by atoms with van der Waals surface area (Å²) in [4.78, 5) is 23.9. The SMILES string of the molecule is CCn1cc(C(=O)O)c(=O)c2c(N)c(F)c(N[C@@H]3C[C@@H]3c3ccccc3)cc21. The number of nitrogens with two attached hydrogens (primary N) is 1. The highest BCUT2D eigenvalue weighted by molar-refractivity contribution is 5.99. The molecule has 6 nitrogen and oxygen atoms in total. The predicted molar refractivity (Wildman–Crippen MR) is 106 cm³/mol. The molecule has 0 unspecified atom stereocenters. The second kappa shape index (κ2) is 6.67. The van der Waals surface area contributed by atoms with Gasteiger partial charge in [0.15, 0.2) is 5.82 Å². The van der Waals surface area contributed by atoms with Crippen LogP contribution in [-0.2, 0) is 6.54 Å². The fourth-order valence-corrected chi connectivity index (χ4v) is 3.69. The Hall–Kier alpha value is -3.35. The van der Waals surface area contributed by atoms with E-state index in [2.05, 4.69) is 5.32 Å². The molecular weight excluding hydrogens is 361 g/mol. The van der Waals surface area contributed by atoms with E-state index in [0.717, 1.165) is 6.42 Å². The highest BCUT2D eigenvalue weighted by Crippen LogP contribution is 2.43. The van der Waals surface area contributed by atoms with Gasteiger partial charge in [-0.25, -0.2) is 9.18 Å². The first-order valence-electron chi connectivity index (χ1n) is 9.12. The minimum Gasteiger partial charge on any atom is -0.477 e. The first-order valence-corrected chi connectivity index (χ1v) is 9.12. The zero-order valence-corrected chi connectivity index (χ0v) is 15.3. The van der Waals surface area contributed by atoms with Gasteiger partial charge in [0.1, 0.15) is 5.56 Å². The van der Waals surface area contributed by atoms with E-state index in [1.807, 2.05) is 37.3 Å². The lowest BCUT2D eigenvalue weighted by molar-refractivity contribution is 0.0695. The van der Waals surface area contributed by atoms with Gasteiger partial charge < -0.3 is 20.7 Å². The van der Waals surface area contributed by atoms with Crippen molar-refractivity contribution in [3.63, 3.8) is 0 Å². The van der Waals surface area contributed by atoms with Crippen molar-refractivity contribution in [2.45, 2.75) is 31.8 Å². The average molecular weight is 381 g/mol. The number of nitrogens with zero attached hydrogens (tertiary/aromatic N) is 1. The van der Waals surface area contributed by atoms with Gasteiger partial charge in [-0.05, 0) is 25.0 Å². The van der Waals surface area contributed by atoms with Gasteiger partial charge in [0.2, 0.25) is 5.43 Å². The van der Waals surface area contributed by atoms with E-state index >= 15 is 0 Å². The molecule has 0 amide bonds. The quantitative estimate of drug-likeness (QED) is 0.589. The maximum absolute atomic E-state index is 14.9. The first kappa shape index (κ1) is 18.0. The zero-order chi connectivity index (χ0) is 20.0. The van der Waals surface area contributed by atoms with Crippen molar-refractivity contribution >= 4 is 28.2 Å². The Morgan fingerprint density at radius 1 is 1.36 bits per heavy atom. The minimum atomic E-state index is -1.36. The number of aryl methyl sites for hydroxylation is 1. The molecule has 1 heterocycles. The number of carboxylic acids is 1. The highest BCUT2D eigenvalue weighted by Gasteiger charge is 2.39. The molecule has 0 bridgehead atoms. The summed E-state index contributed by atoms with van der Waals surface area (Å²) in [6.07, 6.45) is 2.15. The van der Waals surface area contributed by atoms with Gasteiger partial charge in [0.25, 0.3) is 0 Å². The topological polar surface area (TPSA) is 97.4 Å². The number of pyridine rings is 1. The van der Waals surface area contributed by atoms with Crippen LogP contribution in [0.5, 0.6) is 0 Å². The second-order valence-electron chi connectivity index (χ2n) is 7.01. The maximum atomic E-state index is 14.9. The van der Waals surface area contributed by atoms with Crippen molar-refractivity contribution in [2.24, 2.45) is 0 Å². The molecule has 1 saturated carbocycles. The number of nitrogens with one attached hydrogen (secondary N) is 1. The van der Waals surface area contributed by atoms with Crippen molar-refractivity contribution < 1.29 is 14.3 Å². The van der Waals surface area contributed by atoms with Gasteiger partial charge in [-0.2, -0.15) is 0 Å². The number of anilines is 2. The van der Waals surface area contributed by atoms with E-state index in [1.165, 1.54) is 17.8 Å². The summed E-state index contributed by atoms with van der Waals surface area (Å²) >= 11 is 0. The van der Waals surface area contributed by atoms with Crippen LogP contribution in [0, 0.1) is 5.82 Å². The molecule has 4 N–H and O–H groups in total. The lowest BCUT2D eigenvalue weighted by Gasteiger charge is -2.16. The van der Waals surface area contributed by atoms with E-state index in [0.29, 0.717) is 18.0 Å². The zero-order valence-electron chi connectivity index (χ0n) is 15.3. The van der Waals surface area contributed by atoms with Crippen LogP contribution in [0.15, 0.2) is 47.4 Å². The Balaban J connectivity index is 1.77. The third kappa shape index (κ3) is 2.89. The van der Waals surface area contributed by atoms with Gasteiger partial charge in [-0.15, -0.1) is 0 Å². The van der Waals surface area contributed by atoms with E-state index in [-0.39, 0.29) is 22.8 Å². The summed E-state index contributed by atoms with van der Waals surface area (Å²) in [5.74, 6) is -1.80. The van der Waals surface area contributed by atoms with Crippen LogP contribution in [0.25, 0.3) is 10.9 Å². The van der Waals surface area contributed by atoms with Crippen LogP contribution < -0.4 is 16.5 Å². The Bertz CT molecular complexity index is 1140. The molecule has 2 atom stereocenters. The van der Waals surface area contributed by atoms with Crippen LogP contribution in [0.2, 0.25) is 0 Å². The molecule has 2 aromatic carbocycles. The number of hydrogen-bond acceptors (Lipinski definition) is 4. The molecule has 1 fully saturated rings. The number of aromatic carboxylic acids is 1. The number of carbonyl (C=O) groups is 1. The summed E-state index contributed by atoms with van der Waals surface area (Å²) in [6, 6.07) is 11.6. The third-order valence-corrected chi connectivity index (χ3v) is 5.28. The lowest BCUT2D eigenvalue weighted by Crippen LogP contribution is -2.21. The Morgan fingerprint density at radius 2 is 2.07 bits per heavy atom. The summed E-state index contributed by atoms with van der Waals surface area (Å²) in [7, 11) is 0. The number of benzene rings is 2. The number of aromatic nitrogens is 1. The Morgan fingerprint density at radius 3 is 2.71 bits per heavy atom. The fourth-order valence-electron chi connectivity index (χ4n) is 3.69. The van der Waals surface area contributed by atoms with Crippen LogP contribution in [0.4, 0.5) is 15.8 Å². The maximum Gasteiger partial charge on any atom is 0.341 e. The lowest BCUT2D eigenvalue weighted by atomic mass is 10.1. The third-order valence-electron chi connectivity index (χ3n) is 5.28. The molecule has 144 valence electrons. The van der Waals surface area contributed by atoms with E-state index in [4.69, 9.17) is 5.73 Å². The molecule has 0 aliphatic heterocycles. The number of fused-ring (bicyclic) bond motifs is 1. The largest absolute Gasteiger partial charge is 0.477 e. The number of nitrogen functional groups attached to an aromatic ring is 1. The van der Waals surface area contributed by atoms with Gasteiger partial charge >= 0.3 is 5.97 Å². The number of hydrogen-bond donors (Lipinski definition) is 3. The summed E-state index contributed by atoms with van der Waals surface area (Å²) in [5.41, 5.74) is 6.23. The molecule has 1 aliphatic carbocycles. The Kier molecular flexibility index (Phi) is 4.30. The number of halogens is 1. The molecule has 28 heavy (non-hydrogen) atoms. The summed E-state index contributed by atoms with van der Waals surface area (Å²) < 4.78 is 16.5. The minimum absolute atomic E-state index is 0.0776. The van der Waals surface area contributed by atoms with Crippen molar-refractivity contribution in [1.82, 2.24) is 4.57 Å². The molecule has 0 radical (unpaired) electrons.